The van der Waals surface area contributed by atoms with Gasteiger partial charge < -0.3 is 30.1 Å². The highest BCUT2D eigenvalue weighted by atomic mass is 31.2. The largest absolute Gasteiger partial charge is 0.527 e. The molecule has 2 aliphatic carbocycles. The van der Waals surface area contributed by atoms with E-state index in [-0.39, 0.29) is 24.5 Å². The second-order valence-corrected chi connectivity index (χ2v) is 11.1. The third-order valence-corrected chi connectivity index (χ3v) is 6.89. The molecule has 2 aromatic heterocycles. The summed E-state index contributed by atoms with van der Waals surface area (Å²) in [5, 5.41) is 12.6. The summed E-state index contributed by atoms with van der Waals surface area (Å²) in [7, 11) is -4.81. The normalized spacial score (nSPS) is 19.0. The van der Waals surface area contributed by atoms with Crippen LogP contribution in [0.4, 0.5) is 11.8 Å². The van der Waals surface area contributed by atoms with Crippen molar-refractivity contribution in [1.82, 2.24) is 25.0 Å². The molecule has 0 aliphatic heterocycles. The van der Waals surface area contributed by atoms with Crippen molar-refractivity contribution in [3.05, 3.63) is 54.4 Å². The molecule has 1 aromatic carbocycles. The van der Waals surface area contributed by atoms with E-state index in [9.17, 15) is 14.5 Å². The van der Waals surface area contributed by atoms with Crippen LogP contribution in [0.25, 0.3) is 11.2 Å². The first-order valence-corrected chi connectivity index (χ1v) is 14.9. The van der Waals surface area contributed by atoms with E-state index in [1.54, 1.807) is 6.33 Å². The number of nitrogens with one attached hydrogen (secondary N) is 2. The summed E-state index contributed by atoms with van der Waals surface area (Å²) in [4.78, 5) is 46.3. The maximum atomic E-state index is 11.2. The molecule has 1 saturated carbocycles. The Morgan fingerprint density at radius 1 is 1.22 bits per heavy atom. The summed E-state index contributed by atoms with van der Waals surface area (Å²) in [5.74, 6) is 0.115. The van der Waals surface area contributed by atoms with E-state index in [1.165, 1.54) is 12.5 Å². The van der Waals surface area contributed by atoms with Gasteiger partial charge in [-0.15, -0.1) is 0 Å². The number of phosphoric ester groups is 1. The number of aliphatic hydroxyl groups excluding tert-OH is 1. The minimum atomic E-state index is -4.81. The molecule has 2 aliphatic rings. The molecule has 14 nitrogen and oxygen atoms in total. The molecular weight excluding hydrogens is 553 g/mol. The second kappa shape index (κ2) is 14.0. The number of nitrogens with zero attached hydrogens (tertiary/aromatic N) is 4. The zero-order valence-electron chi connectivity index (χ0n) is 22.7. The van der Waals surface area contributed by atoms with Gasteiger partial charge in [-0.1, -0.05) is 42.5 Å². The summed E-state index contributed by atoms with van der Waals surface area (Å²) >= 11 is 0. The van der Waals surface area contributed by atoms with Crippen molar-refractivity contribution in [2.45, 2.75) is 57.2 Å². The van der Waals surface area contributed by atoms with Crippen molar-refractivity contribution in [3.8, 4) is 0 Å². The van der Waals surface area contributed by atoms with Crippen LogP contribution in [0.15, 0.2) is 48.8 Å². The molecule has 0 bridgehead atoms. The van der Waals surface area contributed by atoms with E-state index in [1.807, 2.05) is 41.0 Å². The van der Waals surface area contributed by atoms with Crippen LogP contribution in [0.2, 0.25) is 0 Å². The summed E-state index contributed by atoms with van der Waals surface area (Å²) in [6.07, 6.45) is 10.7. The average Bonchev–Trinajstić information content (AvgIpc) is 3.44. The van der Waals surface area contributed by atoms with Crippen molar-refractivity contribution in [2.75, 3.05) is 24.3 Å². The van der Waals surface area contributed by atoms with Crippen molar-refractivity contribution >= 4 is 36.7 Å². The van der Waals surface area contributed by atoms with Crippen molar-refractivity contribution in [1.29, 1.82) is 0 Å². The topological polar surface area (TPSA) is 207 Å². The zero-order valence-corrected chi connectivity index (χ0v) is 23.6. The lowest BCUT2D eigenvalue weighted by Gasteiger charge is -2.13. The Hall–Kier alpha value is -3.39. The quantitative estimate of drug-likeness (QED) is 0.0776. The smallest absolute Gasteiger partial charge is 0.396 e. The van der Waals surface area contributed by atoms with Crippen LogP contribution in [0, 0.1) is 5.92 Å². The van der Waals surface area contributed by atoms with Gasteiger partial charge in [0.2, 0.25) is 5.95 Å². The summed E-state index contributed by atoms with van der Waals surface area (Å²) in [6.45, 7) is 1.92. The van der Waals surface area contributed by atoms with Crippen LogP contribution < -0.4 is 16.5 Å². The fraction of sp³-hybridized carbons (Fsp3) is 0.462. The highest BCUT2D eigenvalue weighted by molar-refractivity contribution is 7.46. The Balaban J connectivity index is 0.000000189. The number of hydrogen-bond donors (Lipinski definition) is 6. The van der Waals surface area contributed by atoms with E-state index in [4.69, 9.17) is 20.4 Å². The van der Waals surface area contributed by atoms with Gasteiger partial charge in [0.1, 0.15) is 6.04 Å². The number of aliphatic hydroxyl groups is 1. The van der Waals surface area contributed by atoms with Crippen LogP contribution >= 0.6 is 7.82 Å². The number of aromatic nitrogens is 4. The SMILES string of the molecule is C[C@H](NOCCCc1ccccc1)C(=O)OP(=O)(O)O.Nc1nc(NC2CC2)c2ncn([C@H]3C=C[C@@H](CO)C3)c2n1. The molecule has 2 heterocycles. The molecule has 0 unspecified atom stereocenters. The maximum absolute atomic E-state index is 11.2. The molecule has 3 atom stereocenters. The van der Waals surface area contributed by atoms with Crippen molar-refractivity contribution in [2.24, 2.45) is 5.92 Å². The van der Waals surface area contributed by atoms with Crippen LogP contribution in [0.3, 0.4) is 0 Å². The predicted molar refractivity (Wildman–Crippen MR) is 151 cm³/mol. The predicted octanol–water partition coefficient (Wildman–Crippen LogP) is 2.26. The van der Waals surface area contributed by atoms with Crippen LogP contribution in [-0.4, -0.2) is 65.7 Å². The number of allylic oxidation sites excluding steroid dienone is 1. The van der Waals surface area contributed by atoms with Gasteiger partial charge in [0.05, 0.1) is 19.0 Å². The third-order valence-electron chi connectivity index (χ3n) is 6.48. The fourth-order valence-electron chi connectivity index (χ4n) is 4.21. The number of imidazole rings is 1. The first-order valence-electron chi connectivity index (χ1n) is 13.4. The van der Waals surface area contributed by atoms with E-state index < -0.39 is 19.8 Å². The molecule has 3 aromatic rings. The Morgan fingerprint density at radius 2 is 1.98 bits per heavy atom. The molecule has 41 heavy (non-hydrogen) atoms. The number of aryl methyl sites for hydroxylation is 1. The monoisotopic (exact) mass is 589 g/mol. The molecule has 1 fully saturated rings. The summed E-state index contributed by atoms with van der Waals surface area (Å²) in [5.41, 5.74) is 10.9. The standard InChI is InChI=1S/C14H18N6O.C12H18NO6P/c15-14-18-12(17-9-2-3-9)11-13(19-14)20(7-16-11)10-4-1-8(5-10)6-21;1-10(12(14)19-20(15,16)17)13-18-9-5-8-11-6-3-2-4-7-11/h1,4,7-10,21H,2-3,5-6H2,(H3,15,17,18,19);2-4,6-7,10,13H,5,8-9H2,1H3,(H2,15,16,17)/t8-,10+;10-/m10/s1. The van der Waals surface area contributed by atoms with E-state index in [0.29, 0.717) is 12.6 Å². The number of nitrogen functional groups attached to an aromatic ring is 1. The maximum Gasteiger partial charge on any atom is 0.527 e. The Labute approximate surface area is 237 Å². The van der Waals surface area contributed by atoms with Gasteiger partial charge >= 0.3 is 13.8 Å². The molecule has 7 N–H and O–H groups in total. The molecule has 0 amide bonds. The summed E-state index contributed by atoms with van der Waals surface area (Å²) < 4.78 is 16.4. The van der Waals surface area contributed by atoms with E-state index in [0.717, 1.165) is 49.1 Å². The lowest BCUT2D eigenvalue weighted by atomic mass is 10.1. The molecule has 0 saturated heterocycles. The highest BCUT2D eigenvalue weighted by Gasteiger charge is 2.27. The Bertz CT molecular complexity index is 1380. The lowest BCUT2D eigenvalue weighted by Crippen LogP contribution is -2.35. The van der Waals surface area contributed by atoms with E-state index in [2.05, 4.69) is 36.3 Å². The van der Waals surface area contributed by atoms with Crippen LogP contribution in [0.5, 0.6) is 0 Å². The second-order valence-electron chi connectivity index (χ2n) is 9.98. The van der Waals surface area contributed by atoms with Crippen molar-refractivity contribution in [3.63, 3.8) is 0 Å². The van der Waals surface area contributed by atoms with Crippen LogP contribution in [-0.2, 0) is 25.1 Å². The molecule has 15 heteroatoms. The number of phosphoric acid groups is 1. The molecule has 0 spiro atoms. The minimum absolute atomic E-state index is 0.162. The Kier molecular flexibility index (Phi) is 10.4. The number of carbonyl (C=O) groups is 1. The average molecular weight is 590 g/mol. The van der Waals surface area contributed by atoms with Gasteiger partial charge in [0.15, 0.2) is 17.0 Å². The summed E-state index contributed by atoms with van der Waals surface area (Å²) in [6, 6.07) is 9.55. The first-order chi connectivity index (χ1) is 19.6. The van der Waals surface area contributed by atoms with E-state index >= 15 is 0 Å². The lowest BCUT2D eigenvalue weighted by molar-refractivity contribution is -0.142. The number of fused-ring (bicyclic) bond motifs is 1. The Morgan fingerprint density at radius 3 is 2.63 bits per heavy atom. The van der Waals surface area contributed by atoms with Gasteiger partial charge in [-0.3, -0.25) is 9.79 Å². The minimum Gasteiger partial charge on any atom is -0.396 e. The fourth-order valence-corrected chi connectivity index (χ4v) is 4.61. The number of rotatable bonds is 12. The third kappa shape index (κ3) is 9.32. The number of carbonyl (C=O) groups excluding carboxylic acids is 1. The molecular formula is C26H36N7O7P. The number of benzene rings is 1. The van der Waals surface area contributed by atoms with Gasteiger partial charge in [-0.05, 0) is 44.6 Å². The zero-order chi connectivity index (χ0) is 29.4. The van der Waals surface area contributed by atoms with Gasteiger partial charge in [-0.25, -0.2) is 14.3 Å². The number of nitrogens with two attached hydrogens (primary N) is 1. The van der Waals surface area contributed by atoms with Gasteiger partial charge in [0.25, 0.3) is 0 Å². The van der Waals surface area contributed by atoms with Crippen LogP contribution in [0.1, 0.15) is 44.2 Å². The molecule has 5 rings (SSSR count). The number of anilines is 2. The number of hydrogen-bond acceptors (Lipinski definition) is 11. The van der Waals surface area contributed by atoms with Gasteiger partial charge in [-0.2, -0.15) is 15.4 Å². The number of hydroxylamine groups is 1. The first kappa shape index (κ1) is 30.6. The highest BCUT2D eigenvalue weighted by Crippen LogP contribution is 2.36. The van der Waals surface area contributed by atoms with Gasteiger partial charge in [0, 0.05) is 18.6 Å². The van der Waals surface area contributed by atoms with Crippen molar-refractivity contribution < 1.29 is 33.6 Å². The molecule has 0 radical (unpaired) electrons. The molecule has 222 valence electrons.